The maximum absolute atomic E-state index is 13.2. The Morgan fingerprint density at radius 3 is 2.39 bits per heavy atom. The predicted octanol–water partition coefficient (Wildman–Crippen LogP) is 4.99. The first-order chi connectivity index (χ1) is 19.5. The number of carbonyl (C=O) groups is 3. The van der Waals surface area contributed by atoms with Crippen LogP contribution in [-0.2, 0) is 22.3 Å². The van der Waals surface area contributed by atoms with Gasteiger partial charge in [0, 0.05) is 42.6 Å². The highest BCUT2D eigenvalue weighted by Gasteiger charge is 2.32. The molecule has 11 heteroatoms. The van der Waals surface area contributed by atoms with Crippen molar-refractivity contribution in [1.82, 2.24) is 15.2 Å². The average molecular weight is 571 g/mol. The summed E-state index contributed by atoms with van der Waals surface area (Å²) < 4.78 is 39.7. The van der Waals surface area contributed by atoms with Gasteiger partial charge in [0.25, 0.3) is 0 Å². The fourth-order valence-electron chi connectivity index (χ4n) is 5.44. The number of nitrogens with zero attached hydrogens (tertiary/aromatic N) is 2. The molecule has 1 saturated carbocycles. The smallest absolute Gasteiger partial charge is 0.416 e. The predicted molar refractivity (Wildman–Crippen MR) is 148 cm³/mol. The quantitative estimate of drug-likeness (QED) is 0.383. The molecular weight excluding hydrogens is 537 g/mol. The van der Waals surface area contributed by atoms with Crippen LogP contribution in [0.1, 0.15) is 60.0 Å². The summed E-state index contributed by atoms with van der Waals surface area (Å²) in [6.07, 6.45) is 2.38. The zero-order valence-corrected chi connectivity index (χ0v) is 22.5. The number of pyridine rings is 1. The summed E-state index contributed by atoms with van der Waals surface area (Å²) in [6.45, 7) is 1.17. The van der Waals surface area contributed by atoms with E-state index in [2.05, 4.69) is 10.3 Å². The van der Waals surface area contributed by atoms with Gasteiger partial charge in [-0.3, -0.25) is 14.5 Å². The number of rotatable bonds is 6. The van der Waals surface area contributed by atoms with Crippen molar-refractivity contribution in [2.75, 3.05) is 19.6 Å². The van der Waals surface area contributed by atoms with E-state index in [4.69, 9.17) is 5.73 Å². The van der Waals surface area contributed by atoms with Crippen LogP contribution in [0, 0.1) is 5.92 Å². The van der Waals surface area contributed by atoms with Gasteiger partial charge in [0.15, 0.2) is 0 Å². The van der Waals surface area contributed by atoms with Crippen LogP contribution in [0.3, 0.4) is 0 Å². The number of hydrogen-bond acceptors (Lipinski definition) is 5. The average Bonchev–Trinajstić information content (AvgIpc) is 2.93. The molecule has 5 rings (SSSR count). The molecule has 1 saturated heterocycles. The maximum Gasteiger partial charge on any atom is 0.416 e. The number of amides is 2. The topological polar surface area (TPSA) is 126 Å². The highest BCUT2D eigenvalue weighted by atomic mass is 19.4. The summed E-state index contributed by atoms with van der Waals surface area (Å²) in [6, 6.07) is 11.6. The Kier molecular flexibility index (Phi) is 9.59. The number of primary amides is 1. The van der Waals surface area contributed by atoms with Crippen LogP contribution in [-0.4, -0.2) is 52.4 Å². The summed E-state index contributed by atoms with van der Waals surface area (Å²) >= 11 is 0. The summed E-state index contributed by atoms with van der Waals surface area (Å²) in [7, 11) is 0. The van der Waals surface area contributed by atoms with Gasteiger partial charge in [-0.25, -0.2) is 9.78 Å². The largest absolute Gasteiger partial charge is 0.478 e. The van der Waals surface area contributed by atoms with Crippen molar-refractivity contribution < 1.29 is 32.7 Å². The second-order valence-corrected chi connectivity index (χ2v) is 10.4. The lowest BCUT2D eigenvalue weighted by molar-refractivity contribution is -0.137. The van der Waals surface area contributed by atoms with Crippen LogP contribution < -0.4 is 11.1 Å². The Bertz CT molecular complexity index is 1410. The Labute approximate surface area is 235 Å². The highest BCUT2D eigenvalue weighted by molar-refractivity contribution is 6.06. The van der Waals surface area contributed by atoms with Crippen LogP contribution in [0.2, 0.25) is 0 Å². The van der Waals surface area contributed by atoms with Crippen molar-refractivity contribution in [3.05, 3.63) is 65.2 Å². The molecule has 0 radical (unpaired) electrons. The van der Waals surface area contributed by atoms with Crippen molar-refractivity contribution in [3.63, 3.8) is 0 Å². The minimum absolute atomic E-state index is 0.0498. The first-order valence-electron chi connectivity index (χ1n) is 13.6. The number of aromatic nitrogens is 1. The van der Waals surface area contributed by atoms with E-state index >= 15 is 0 Å². The third-order valence-corrected chi connectivity index (χ3v) is 7.39. The number of nitrogens with one attached hydrogen (secondary N) is 1. The number of hydrogen-bond donors (Lipinski definition) is 3. The van der Waals surface area contributed by atoms with Crippen LogP contribution in [0.25, 0.3) is 22.2 Å². The lowest BCUT2D eigenvalue weighted by Gasteiger charge is -2.28. The minimum Gasteiger partial charge on any atom is -0.478 e. The molecule has 1 aliphatic heterocycles. The van der Waals surface area contributed by atoms with Gasteiger partial charge in [-0.05, 0) is 30.9 Å². The fourth-order valence-corrected chi connectivity index (χ4v) is 5.44. The SMILES string of the molecule is NC(=O)CC1CCCCC1.O=C1CN(Cc2c(-c3ccccc3)nc3cc(C(F)(F)F)ccc3c2C(=O)O)CCN1. The third-order valence-electron chi connectivity index (χ3n) is 7.39. The number of aromatic carboxylic acids is 1. The Balaban J connectivity index is 0.000000328. The van der Waals surface area contributed by atoms with Gasteiger partial charge in [-0.15, -0.1) is 0 Å². The van der Waals surface area contributed by atoms with Gasteiger partial charge in [-0.2, -0.15) is 13.2 Å². The highest BCUT2D eigenvalue weighted by Crippen LogP contribution is 2.35. The van der Waals surface area contributed by atoms with Crippen LogP contribution in [0.5, 0.6) is 0 Å². The molecular formula is C30H33F3N4O4. The van der Waals surface area contributed by atoms with E-state index in [1.165, 1.54) is 32.1 Å². The van der Waals surface area contributed by atoms with E-state index < -0.39 is 17.7 Å². The van der Waals surface area contributed by atoms with Crippen molar-refractivity contribution in [2.45, 2.75) is 51.2 Å². The number of carboxylic acid groups (broad SMARTS) is 1. The summed E-state index contributed by atoms with van der Waals surface area (Å²) in [5.74, 6) is -0.966. The molecule has 2 aliphatic rings. The summed E-state index contributed by atoms with van der Waals surface area (Å²) in [5, 5.41) is 12.8. The van der Waals surface area contributed by atoms with Crippen LogP contribution in [0.15, 0.2) is 48.5 Å². The first-order valence-corrected chi connectivity index (χ1v) is 13.6. The van der Waals surface area contributed by atoms with E-state index in [0.717, 1.165) is 18.2 Å². The number of fused-ring (bicyclic) bond motifs is 1. The number of carboxylic acids is 1. The number of alkyl halides is 3. The Morgan fingerprint density at radius 1 is 1.07 bits per heavy atom. The molecule has 0 spiro atoms. The standard InChI is InChI=1S/C22H18F3N3O3.C8H15NO/c23-22(24,25)14-6-7-15-17(10-14)27-20(13-4-2-1-3-5-13)16(19(15)21(30)31)11-28-9-8-26-18(29)12-28;9-8(10)6-7-4-2-1-3-5-7/h1-7,10H,8-9,11-12H2,(H,26,29)(H,30,31);7H,1-6H2,(H2,9,10). The summed E-state index contributed by atoms with van der Waals surface area (Å²) in [4.78, 5) is 40.8. The molecule has 0 bridgehead atoms. The third kappa shape index (κ3) is 7.81. The first kappa shape index (κ1) is 30.0. The van der Waals surface area contributed by atoms with Gasteiger partial charge in [0.2, 0.25) is 11.8 Å². The molecule has 0 atom stereocenters. The number of carbonyl (C=O) groups excluding carboxylic acids is 2. The van der Waals surface area contributed by atoms with E-state index in [-0.39, 0.29) is 47.1 Å². The zero-order valence-electron chi connectivity index (χ0n) is 22.5. The fraction of sp³-hybridized carbons (Fsp3) is 0.400. The monoisotopic (exact) mass is 570 g/mol. The molecule has 4 N–H and O–H groups in total. The molecule has 0 unspecified atom stereocenters. The van der Waals surface area contributed by atoms with Crippen LogP contribution >= 0.6 is 0 Å². The Hall–Kier alpha value is -3.99. The van der Waals surface area contributed by atoms with Crippen molar-refractivity contribution in [3.8, 4) is 11.3 Å². The van der Waals surface area contributed by atoms with Gasteiger partial charge >= 0.3 is 12.1 Å². The molecule has 2 aromatic carbocycles. The van der Waals surface area contributed by atoms with Crippen LogP contribution in [0.4, 0.5) is 13.2 Å². The Morgan fingerprint density at radius 2 is 1.78 bits per heavy atom. The molecule has 8 nitrogen and oxygen atoms in total. The number of halogens is 3. The molecule has 1 aliphatic carbocycles. The van der Waals surface area contributed by atoms with E-state index in [0.29, 0.717) is 36.6 Å². The van der Waals surface area contributed by atoms with Gasteiger partial charge in [0.05, 0.1) is 28.9 Å². The summed E-state index contributed by atoms with van der Waals surface area (Å²) in [5.41, 5.74) is 5.26. The van der Waals surface area contributed by atoms with Crippen molar-refractivity contribution >= 4 is 28.7 Å². The van der Waals surface area contributed by atoms with Crippen molar-refractivity contribution in [2.24, 2.45) is 11.7 Å². The number of piperazine rings is 1. The molecule has 41 heavy (non-hydrogen) atoms. The lowest BCUT2D eigenvalue weighted by atomic mass is 9.87. The molecule has 2 amide bonds. The maximum atomic E-state index is 13.2. The van der Waals surface area contributed by atoms with E-state index in [1.54, 1.807) is 35.2 Å². The molecule has 218 valence electrons. The van der Waals surface area contributed by atoms with E-state index in [1.807, 2.05) is 0 Å². The second-order valence-electron chi connectivity index (χ2n) is 10.4. The van der Waals surface area contributed by atoms with Gasteiger partial charge in [-0.1, -0.05) is 55.7 Å². The molecule has 1 aromatic heterocycles. The molecule has 3 aromatic rings. The van der Waals surface area contributed by atoms with Crippen molar-refractivity contribution in [1.29, 1.82) is 0 Å². The molecule has 2 fully saturated rings. The molecule has 2 heterocycles. The minimum atomic E-state index is -4.58. The normalized spacial score (nSPS) is 16.5. The van der Waals surface area contributed by atoms with E-state index in [9.17, 15) is 32.7 Å². The second kappa shape index (κ2) is 13.1. The van der Waals surface area contributed by atoms with Gasteiger partial charge < -0.3 is 16.2 Å². The number of benzene rings is 2. The zero-order chi connectivity index (χ0) is 29.6. The number of nitrogens with two attached hydrogens (primary N) is 1. The lowest BCUT2D eigenvalue weighted by Crippen LogP contribution is -2.47. The van der Waals surface area contributed by atoms with Gasteiger partial charge in [0.1, 0.15) is 0 Å².